The number of rotatable bonds is 8. The fourth-order valence-electron chi connectivity index (χ4n) is 4.75. The minimum atomic E-state index is -1.00. The molecule has 1 atom stereocenters. The van der Waals surface area contributed by atoms with Crippen molar-refractivity contribution in [3.63, 3.8) is 0 Å². The number of amides is 2. The minimum Gasteiger partial charge on any atom is -0.481 e. The largest absolute Gasteiger partial charge is 0.481 e. The second-order valence-corrected chi connectivity index (χ2v) is 8.78. The maximum Gasteiger partial charge on any atom is 0.412 e. The number of benzene rings is 2. The summed E-state index contributed by atoms with van der Waals surface area (Å²) in [6, 6.07) is 15.4. The van der Waals surface area contributed by atoms with Gasteiger partial charge in [-0.15, -0.1) is 0 Å². The van der Waals surface area contributed by atoms with E-state index < -0.39 is 24.0 Å². The molecular weight excluding hydrogens is 452 g/mol. The molecule has 0 bridgehead atoms. The standard InChI is InChI=1S/C25H24N4O6/c30-21(31)12-20(14-6-5-7-14)26-24(32)22-23(29-35-28-22)27-25(33)34-13-19-17-10-3-1-8-15(17)16-9-2-4-11-18(16)19/h1-4,8-11,14,19-20H,5-7,12-13H2,(H,26,32)(H,30,31)(H,27,29,33). The van der Waals surface area contributed by atoms with Crippen LogP contribution in [-0.4, -0.2) is 46.0 Å². The first-order valence-corrected chi connectivity index (χ1v) is 11.5. The van der Waals surface area contributed by atoms with Gasteiger partial charge in [0.1, 0.15) is 6.61 Å². The number of carbonyl (C=O) groups excluding carboxylic acids is 2. The van der Waals surface area contributed by atoms with Crippen LogP contribution in [0.15, 0.2) is 53.2 Å². The summed E-state index contributed by atoms with van der Waals surface area (Å²) < 4.78 is 10.1. The molecular formula is C25H24N4O6. The summed E-state index contributed by atoms with van der Waals surface area (Å²) >= 11 is 0. The van der Waals surface area contributed by atoms with Gasteiger partial charge in [0.2, 0.25) is 11.5 Å². The van der Waals surface area contributed by atoms with Crippen molar-refractivity contribution in [1.82, 2.24) is 15.6 Å². The van der Waals surface area contributed by atoms with Crippen molar-refractivity contribution in [2.75, 3.05) is 11.9 Å². The summed E-state index contributed by atoms with van der Waals surface area (Å²) in [5.41, 5.74) is 4.13. The van der Waals surface area contributed by atoms with Crippen LogP contribution in [0.1, 0.15) is 53.2 Å². The molecule has 3 N–H and O–H groups in total. The molecule has 2 aliphatic rings. The van der Waals surface area contributed by atoms with Crippen LogP contribution >= 0.6 is 0 Å². The Morgan fingerprint density at radius 1 is 1.03 bits per heavy atom. The highest BCUT2D eigenvalue weighted by Gasteiger charge is 2.33. The number of hydrogen-bond acceptors (Lipinski definition) is 7. The number of anilines is 1. The van der Waals surface area contributed by atoms with Crippen LogP contribution < -0.4 is 10.6 Å². The maximum absolute atomic E-state index is 12.7. The summed E-state index contributed by atoms with van der Waals surface area (Å²) in [6.07, 6.45) is 1.69. The van der Waals surface area contributed by atoms with Crippen molar-refractivity contribution in [1.29, 1.82) is 0 Å². The van der Waals surface area contributed by atoms with Crippen molar-refractivity contribution >= 4 is 23.8 Å². The van der Waals surface area contributed by atoms with Gasteiger partial charge in [-0.25, -0.2) is 9.42 Å². The van der Waals surface area contributed by atoms with E-state index in [0.717, 1.165) is 41.5 Å². The van der Waals surface area contributed by atoms with Crippen LogP contribution in [0.25, 0.3) is 11.1 Å². The molecule has 1 heterocycles. The zero-order chi connectivity index (χ0) is 24.4. The number of carbonyl (C=O) groups is 3. The lowest BCUT2D eigenvalue weighted by molar-refractivity contribution is -0.138. The van der Waals surface area contributed by atoms with Gasteiger partial charge < -0.3 is 15.2 Å². The smallest absolute Gasteiger partial charge is 0.412 e. The Bertz CT molecular complexity index is 1220. The molecule has 0 spiro atoms. The zero-order valence-electron chi connectivity index (χ0n) is 18.8. The lowest BCUT2D eigenvalue weighted by Crippen LogP contribution is -2.44. The zero-order valence-corrected chi connectivity index (χ0v) is 18.8. The lowest BCUT2D eigenvalue weighted by atomic mass is 9.78. The van der Waals surface area contributed by atoms with Gasteiger partial charge >= 0.3 is 12.1 Å². The van der Waals surface area contributed by atoms with Gasteiger partial charge in [0, 0.05) is 12.0 Å². The summed E-state index contributed by atoms with van der Waals surface area (Å²) in [6.45, 7) is 0.0923. The van der Waals surface area contributed by atoms with E-state index in [-0.39, 0.29) is 36.4 Å². The molecule has 3 aromatic rings. The predicted octanol–water partition coefficient (Wildman–Crippen LogP) is 3.80. The number of aliphatic carboxylic acids is 1. The maximum atomic E-state index is 12.7. The second kappa shape index (κ2) is 9.57. The Morgan fingerprint density at radius 2 is 1.69 bits per heavy atom. The van der Waals surface area contributed by atoms with Gasteiger partial charge in [0.25, 0.3) is 5.91 Å². The Labute approximate surface area is 200 Å². The predicted molar refractivity (Wildman–Crippen MR) is 124 cm³/mol. The van der Waals surface area contributed by atoms with Crippen molar-refractivity contribution in [2.24, 2.45) is 5.92 Å². The van der Waals surface area contributed by atoms with E-state index >= 15 is 0 Å². The Balaban J connectivity index is 1.23. The number of fused-ring (bicyclic) bond motifs is 3. The van der Waals surface area contributed by atoms with Gasteiger partial charge in [-0.05, 0) is 51.3 Å². The number of aromatic nitrogens is 2. The van der Waals surface area contributed by atoms with Crippen LogP contribution in [0.3, 0.4) is 0 Å². The van der Waals surface area contributed by atoms with Crippen molar-refractivity contribution < 1.29 is 28.9 Å². The average molecular weight is 476 g/mol. The summed E-state index contributed by atoms with van der Waals surface area (Å²) in [4.78, 5) is 36.5. The first kappa shape index (κ1) is 22.6. The normalized spacial score (nSPS) is 15.4. The van der Waals surface area contributed by atoms with Gasteiger partial charge in [-0.1, -0.05) is 55.0 Å². The average Bonchev–Trinajstić information content (AvgIpc) is 3.38. The fourth-order valence-corrected chi connectivity index (χ4v) is 4.75. The van der Waals surface area contributed by atoms with Crippen LogP contribution in [0.5, 0.6) is 0 Å². The number of carboxylic acid groups (broad SMARTS) is 1. The third-order valence-corrected chi connectivity index (χ3v) is 6.70. The monoisotopic (exact) mass is 476 g/mol. The molecule has 35 heavy (non-hydrogen) atoms. The summed E-state index contributed by atoms with van der Waals surface area (Å²) in [5.74, 6) is -1.89. The molecule has 2 amide bonds. The second-order valence-electron chi connectivity index (χ2n) is 8.78. The third-order valence-electron chi connectivity index (χ3n) is 6.70. The van der Waals surface area contributed by atoms with E-state index in [2.05, 4.69) is 25.6 Å². The van der Waals surface area contributed by atoms with E-state index in [1.54, 1.807) is 0 Å². The van der Waals surface area contributed by atoms with Gasteiger partial charge in [-0.2, -0.15) is 0 Å². The topological polar surface area (TPSA) is 144 Å². The first-order chi connectivity index (χ1) is 17.0. The minimum absolute atomic E-state index is 0.0912. The molecule has 2 aliphatic carbocycles. The summed E-state index contributed by atoms with van der Waals surface area (Å²) in [5, 5.41) is 21.5. The van der Waals surface area contributed by atoms with Gasteiger partial charge in [0.15, 0.2) is 0 Å². The van der Waals surface area contributed by atoms with E-state index in [4.69, 9.17) is 9.84 Å². The molecule has 1 saturated carbocycles. The van der Waals surface area contributed by atoms with Crippen LogP contribution in [-0.2, 0) is 9.53 Å². The Morgan fingerprint density at radius 3 is 2.29 bits per heavy atom. The highest BCUT2D eigenvalue weighted by molar-refractivity contribution is 5.99. The highest BCUT2D eigenvalue weighted by atomic mass is 16.6. The van der Waals surface area contributed by atoms with Crippen LogP contribution in [0, 0.1) is 5.92 Å². The molecule has 0 aliphatic heterocycles. The highest BCUT2D eigenvalue weighted by Crippen LogP contribution is 2.44. The van der Waals surface area contributed by atoms with E-state index in [1.807, 2.05) is 48.5 Å². The Hall–Kier alpha value is -4.21. The molecule has 180 valence electrons. The fraction of sp³-hybridized carbons (Fsp3) is 0.320. The molecule has 1 unspecified atom stereocenters. The number of hydrogen-bond donors (Lipinski definition) is 3. The number of nitrogens with zero attached hydrogens (tertiary/aromatic N) is 2. The van der Waals surface area contributed by atoms with Gasteiger partial charge in [0.05, 0.1) is 6.42 Å². The quantitative estimate of drug-likeness (QED) is 0.445. The lowest BCUT2D eigenvalue weighted by Gasteiger charge is -2.33. The van der Waals surface area contributed by atoms with Gasteiger partial charge in [-0.3, -0.25) is 14.9 Å². The molecule has 0 saturated heterocycles. The summed E-state index contributed by atoms with van der Waals surface area (Å²) in [7, 11) is 0. The molecule has 1 fully saturated rings. The molecule has 5 rings (SSSR count). The van der Waals surface area contributed by atoms with Crippen molar-refractivity contribution in [3.05, 3.63) is 65.4 Å². The van der Waals surface area contributed by atoms with Crippen molar-refractivity contribution in [3.8, 4) is 11.1 Å². The van der Waals surface area contributed by atoms with E-state index in [0.29, 0.717) is 0 Å². The SMILES string of the molecule is O=C(O)CC(NC(=O)c1nonc1NC(=O)OCC1c2ccccc2-c2ccccc21)C1CCC1. The van der Waals surface area contributed by atoms with Crippen LogP contribution in [0.4, 0.5) is 10.6 Å². The third kappa shape index (κ3) is 4.59. The molecule has 0 radical (unpaired) electrons. The molecule has 2 aromatic carbocycles. The number of carboxylic acids is 1. The van der Waals surface area contributed by atoms with E-state index in [1.165, 1.54) is 0 Å². The molecule has 1 aromatic heterocycles. The van der Waals surface area contributed by atoms with E-state index in [9.17, 15) is 14.4 Å². The molecule has 10 nitrogen and oxygen atoms in total. The van der Waals surface area contributed by atoms with Crippen molar-refractivity contribution in [2.45, 2.75) is 37.6 Å². The Kier molecular flexibility index (Phi) is 6.17. The molecule has 10 heteroatoms. The number of ether oxygens (including phenoxy) is 1. The first-order valence-electron chi connectivity index (χ1n) is 11.5. The van der Waals surface area contributed by atoms with Crippen LogP contribution in [0.2, 0.25) is 0 Å². The number of nitrogens with one attached hydrogen (secondary N) is 2.